The molecule has 0 unspecified atom stereocenters. The first-order valence-corrected chi connectivity index (χ1v) is 11.6. The van der Waals surface area contributed by atoms with Crippen molar-refractivity contribution in [3.05, 3.63) is 53.3 Å². The standard InChI is InChI=1S/C24H31ClN4O3/c1-31-20-6-7-22(26-14-20)21-16-29(15-17-9-12-32-13-10-17)11-8-23(21)28-24(30)27-19-4-2-18(25)3-5-19/h2-7,14,17,21,23H,8-13,15-16H2,1H3,(H2,27,28,30)/t21-,23+/m0/s1. The maximum absolute atomic E-state index is 12.7. The molecule has 1 aromatic heterocycles. The molecule has 0 bridgehead atoms. The van der Waals surface area contributed by atoms with E-state index < -0.39 is 0 Å². The predicted molar refractivity (Wildman–Crippen MR) is 126 cm³/mol. The van der Waals surface area contributed by atoms with Crippen LogP contribution >= 0.6 is 11.6 Å². The third-order valence-corrected chi connectivity index (χ3v) is 6.60. The highest BCUT2D eigenvalue weighted by Gasteiger charge is 2.33. The first-order chi connectivity index (χ1) is 15.6. The summed E-state index contributed by atoms with van der Waals surface area (Å²) in [5.74, 6) is 1.50. The van der Waals surface area contributed by atoms with Crippen molar-refractivity contribution in [3.63, 3.8) is 0 Å². The number of piperidine rings is 1. The zero-order valence-electron chi connectivity index (χ0n) is 18.4. The number of likely N-dealkylation sites (tertiary alicyclic amines) is 1. The molecule has 4 rings (SSSR count). The van der Waals surface area contributed by atoms with Crippen molar-refractivity contribution in [3.8, 4) is 5.75 Å². The molecule has 0 radical (unpaired) electrons. The fourth-order valence-electron chi connectivity index (χ4n) is 4.55. The van der Waals surface area contributed by atoms with Gasteiger partial charge in [0, 0.05) is 61.2 Å². The summed E-state index contributed by atoms with van der Waals surface area (Å²) in [4.78, 5) is 19.9. The van der Waals surface area contributed by atoms with Gasteiger partial charge in [-0.25, -0.2) is 4.79 Å². The Bertz CT molecular complexity index is 872. The van der Waals surface area contributed by atoms with Crippen molar-refractivity contribution in [1.82, 2.24) is 15.2 Å². The minimum absolute atomic E-state index is 0.00543. The second-order valence-corrected chi connectivity index (χ2v) is 8.98. The van der Waals surface area contributed by atoms with Crippen LogP contribution in [0, 0.1) is 5.92 Å². The van der Waals surface area contributed by atoms with E-state index in [9.17, 15) is 4.79 Å². The number of anilines is 1. The summed E-state index contributed by atoms with van der Waals surface area (Å²) in [6, 6.07) is 10.8. The van der Waals surface area contributed by atoms with E-state index in [4.69, 9.17) is 21.1 Å². The molecule has 0 saturated carbocycles. The number of amides is 2. The second-order valence-electron chi connectivity index (χ2n) is 8.55. The highest BCUT2D eigenvalue weighted by Crippen LogP contribution is 2.29. The average Bonchev–Trinajstić information content (AvgIpc) is 2.82. The maximum atomic E-state index is 12.7. The summed E-state index contributed by atoms with van der Waals surface area (Å²) >= 11 is 5.94. The Kier molecular flexibility index (Phi) is 7.84. The lowest BCUT2D eigenvalue weighted by Crippen LogP contribution is -2.51. The van der Waals surface area contributed by atoms with E-state index in [2.05, 4.69) is 20.5 Å². The van der Waals surface area contributed by atoms with Crippen LogP contribution in [-0.4, -0.2) is 61.9 Å². The van der Waals surface area contributed by atoms with Gasteiger partial charge in [-0.1, -0.05) is 11.6 Å². The Morgan fingerprint density at radius 1 is 1.19 bits per heavy atom. The van der Waals surface area contributed by atoms with Crippen LogP contribution in [0.2, 0.25) is 5.02 Å². The molecule has 2 atom stereocenters. The highest BCUT2D eigenvalue weighted by molar-refractivity contribution is 6.30. The number of hydrogen-bond acceptors (Lipinski definition) is 5. The molecule has 2 saturated heterocycles. The molecule has 0 spiro atoms. The average molecular weight is 459 g/mol. The number of pyridine rings is 1. The molecule has 172 valence electrons. The Balaban J connectivity index is 1.43. The third-order valence-electron chi connectivity index (χ3n) is 6.35. The van der Waals surface area contributed by atoms with Crippen LogP contribution in [0.3, 0.4) is 0 Å². The monoisotopic (exact) mass is 458 g/mol. The lowest BCUT2D eigenvalue weighted by atomic mass is 9.87. The van der Waals surface area contributed by atoms with Crippen molar-refractivity contribution < 1.29 is 14.3 Å². The highest BCUT2D eigenvalue weighted by atomic mass is 35.5. The van der Waals surface area contributed by atoms with Crippen LogP contribution < -0.4 is 15.4 Å². The maximum Gasteiger partial charge on any atom is 0.319 e. The zero-order chi connectivity index (χ0) is 22.3. The van der Waals surface area contributed by atoms with E-state index in [0.717, 1.165) is 63.6 Å². The molecule has 0 aliphatic carbocycles. The number of hydrogen-bond donors (Lipinski definition) is 2. The molecule has 2 aliphatic rings. The minimum atomic E-state index is -0.214. The number of benzene rings is 1. The van der Waals surface area contributed by atoms with E-state index in [1.54, 1.807) is 37.6 Å². The van der Waals surface area contributed by atoms with E-state index >= 15 is 0 Å². The fourth-order valence-corrected chi connectivity index (χ4v) is 4.68. The Morgan fingerprint density at radius 2 is 1.97 bits per heavy atom. The second kappa shape index (κ2) is 11.0. The third kappa shape index (κ3) is 6.12. The van der Waals surface area contributed by atoms with Gasteiger partial charge in [0.15, 0.2) is 0 Å². The molecule has 7 nitrogen and oxygen atoms in total. The smallest absolute Gasteiger partial charge is 0.319 e. The largest absolute Gasteiger partial charge is 0.495 e. The van der Waals surface area contributed by atoms with Crippen LogP contribution in [0.25, 0.3) is 0 Å². The minimum Gasteiger partial charge on any atom is -0.495 e. The van der Waals surface area contributed by atoms with Gasteiger partial charge in [-0.2, -0.15) is 0 Å². The molecule has 2 aliphatic heterocycles. The molecule has 2 amide bonds. The van der Waals surface area contributed by atoms with Crippen molar-refractivity contribution in [2.24, 2.45) is 5.92 Å². The van der Waals surface area contributed by atoms with Crippen molar-refractivity contribution in [2.45, 2.75) is 31.2 Å². The van der Waals surface area contributed by atoms with Crippen LogP contribution in [-0.2, 0) is 4.74 Å². The summed E-state index contributed by atoms with van der Waals surface area (Å²) in [7, 11) is 1.64. The molecule has 1 aromatic carbocycles. The first kappa shape index (κ1) is 22.8. The molecule has 2 N–H and O–H groups in total. The van der Waals surface area contributed by atoms with Gasteiger partial charge in [-0.15, -0.1) is 0 Å². The number of nitrogens with one attached hydrogen (secondary N) is 2. The molecule has 8 heteroatoms. The van der Waals surface area contributed by atoms with Gasteiger partial charge in [-0.3, -0.25) is 4.98 Å². The van der Waals surface area contributed by atoms with Crippen LogP contribution in [0.5, 0.6) is 5.75 Å². The van der Waals surface area contributed by atoms with Gasteiger partial charge in [-0.05, 0) is 61.6 Å². The molecular weight excluding hydrogens is 428 g/mol. The van der Waals surface area contributed by atoms with Crippen molar-refractivity contribution >= 4 is 23.3 Å². The summed E-state index contributed by atoms with van der Waals surface area (Å²) in [6.45, 7) is 4.60. The van der Waals surface area contributed by atoms with Gasteiger partial charge in [0.25, 0.3) is 0 Å². The van der Waals surface area contributed by atoms with Crippen molar-refractivity contribution in [2.75, 3.05) is 45.3 Å². The lowest BCUT2D eigenvalue weighted by molar-refractivity contribution is 0.0461. The SMILES string of the molecule is COc1ccc([C@@H]2CN(CC3CCOCC3)CC[C@H]2NC(=O)Nc2ccc(Cl)cc2)nc1. The summed E-state index contributed by atoms with van der Waals surface area (Å²) in [6.07, 6.45) is 4.85. The van der Waals surface area contributed by atoms with E-state index in [-0.39, 0.29) is 18.0 Å². The number of halogens is 1. The van der Waals surface area contributed by atoms with Gasteiger partial charge in [0.2, 0.25) is 0 Å². The first-order valence-electron chi connectivity index (χ1n) is 11.2. The fraction of sp³-hybridized carbons (Fsp3) is 0.500. The molecule has 32 heavy (non-hydrogen) atoms. The number of carbonyl (C=O) groups excluding carboxylic acids is 1. The lowest BCUT2D eigenvalue weighted by Gasteiger charge is -2.40. The molecular formula is C24H31ClN4O3. The number of urea groups is 1. The number of methoxy groups -OCH3 is 1. The number of nitrogens with zero attached hydrogens (tertiary/aromatic N) is 2. The van der Waals surface area contributed by atoms with Crippen LogP contribution in [0.4, 0.5) is 10.5 Å². The van der Waals surface area contributed by atoms with Gasteiger partial charge in [0.1, 0.15) is 5.75 Å². The Labute approximate surface area is 194 Å². The molecule has 2 fully saturated rings. The number of aromatic nitrogens is 1. The van der Waals surface area contributed by atoms with Crippen molar-refractivity contribution in [1.29, 1.82) is 0 Å². The quantitative estimate of drug-likeness (QED) is 0.680. The summed E-state index contributed by atoms with van der Waals surface area (Å²) < 4.78 is 10.8. The summed E-state index contributed by atoms with van der Waals surface area (Å²) in [5, 5.41) is 6.73. The predicted octanol–water partition coefficient (Wildman–Crippen LogP) is 4.15. The van der Waals surface area contributed by atoms with Gasteiger partial charge >= 0.3 is 6.03 Å². The molecule has 2 aromatic rings. The molecule has 3 heterocycles. The number of carbonyl (C=O) groups is 1. The van der Waals surface area contributed by atoms with Crippen LogP contribution in [0.1, 0.15) is 30.9 Å². The van der Waals surface area contributed by atoms with Gasteiger partial charge in [0.05, 0.1) is 13.3 Å². The Hall–Kier alpha value is -2.35. The van der Waals surface area contributed by atoms with E-state index in [1.807, 2.05) is 12.1 Å². The van der Waals surface area contributed by atoms with Gasteiger partial charge < -0.3 is 25.0 Å². The normalized spacial score (nSPS) is 22.3. The topological polar surface area (TPSA) is 75.7 Å². The Morgan fingerprint density at radius 3 is 2.66 bits per heavy atom. The number of rotatable bonds is 6. The zero-order valence-corrected chi connectivity index (χ0v) is 19.2. The van der Waals surface area contributed by atoms with E-state index in [1.165, 1.54) is 0 Å². The van der Waals surface area contributed by atoms with E-state index in [0.29, 0.717) is 16.6 Å². The number of ether oxygens (including phenoxy) is 2. The summed E-state index contributed by atoms with van der Waals surface area (Å²) in [5.41, 5.74) is 1.68. The van der Waals surface area contributed by atoms with Crippen LogP contribution in [0.15, 0.2) is 42.6 Å².